The molecule has 2 unspecified atom stereocenters. The van der Waals surface area contributed by atoms with Crippen LogP contribution in [0.25, 0.3) is 0 Å². The summed E-state index contributed by atoms with van der Waals surface area (Å²) >= 11 is 0. The summed E-state index contributed by atoms with van der Waals surface area (Å²) in [6, 6.07) is 0. The molecule has 0 aromatic heterocycles. The minimum atomic E-state index is -4.95. The molecule has 0 aromatic carbocycles. The molecule has 1 saturated heterocycles. The van der Waals surface area contributed by atoms with E-state index < -0.39 is 32.5 Å². The Hall–Kier alpha value is -0.230. The minimum Gasteiger partial charge on any atom is -0.327 e. The van der Waals surface area contributed by atoms with Gasteiger partial charge in [0.05, 0.1) is 0 Å². The van der Waals surface area contributed by atoms with Crippen LogP contribution < -0.4 is 10.8 Å². The van der Waals surface area contributed by atoms with Gasteiger partial charge in [-0.25, -0.2) is 0 Å². The lowest BCUT2D eigenvalue weighted by Gasteiger charge is -2.36. The number of carbonyl (C=O) groups is 1. The summed E-state index contributed by atoms with van der Waals surface area (Å²) in [5, 5.41) is -0.954. The quantitative estimate of drug-likeness (QED) is 0.366. The summed E-state index contributed by atoms with van der Waals surface area (Å²) in [7, 11) is -9.52. The molecule has 1 fully saturated rings. The molecule has 0 aliphatic carbocycles. The zero-order valence-corrected chi connectivity index (χ0v) is 8.74. The molecule has 0 spiro atoms. The van der Waals surface area contributed by atoms with Gasteiger partial charge in [-0.3, -0.25) is 19.0 Å². The van der Waals surface area contributed by atoms with Crippen LogP contribution in [0.4, 0.5) is 0 Å². The zero-order valence-electron chi connectivity index (χ0n) is 6.95. The van der Waals surface area contributed by atoms with Crippen LogP contribution in [0.3, 0.4) is 0 Å². The molecule has 1 heterocycles. The van der Waals surface area contributed by atoms with E-state index in [4.69, 9.17) is 15.5 Å². The van der Waals surface area contributed by atoms with Crippen molar-refractivity contribution in [2.45, 2.75) is 17.9 Å². The van der Waals surface area contributed by atoms with Crippen LogP contribution in [-0.4, -0.2) is 25.6 Å². The van der Waals surface area contributed by atoms with Crippen molar-refractivity contribution < 1.29 is 28.6 Å². The normalized spacial score (nSPS) is 39.3. The number of carbonyl (C=O) groups excluding carboxylic acids is 1. The molecule has 0 saturated carbocycles. The van der Waals surface area contributed by atoms with Crippen LogP contribution in [0.2, 0.25) is 0 Å². The second-order valence-electron chi connectivity index (χ2n) is 3.03. The Kier molecular flexibility index (Phi) is 2.65. The van der Waals surface area contributed by atoms with Crippen molar-refractivity contribution in [1.29, 1.82) is 0 Å². The maximum absolute atomic E-state index is 11.4. The number of nitrogens with two attached hydrogens (primary N) is 1. The molecule has 8 nitrogen and oxygen atoms in total. The van der Waals surface area contributed by atoms with Crippen LogP contribution in [0.5, 0.6) is 0 Å². The monoisotopic (exact) mass is 244 g/mol. The highest BCUT2D eigenvalue weighted by atomic mass is 31.2. The summed E-state index contributed by atoms with van der Waals surface area (Å²) in [4.78, 5) is 37.6. The van der Waals surface area contributed by atoms with Crippen LogP contribution >= 0.6 is 15.1 Å². The average Bonchev–Trinajstić information content (AvgIpc) is 1.94. The lowest BCUT2D eigenvalue weighted by molar-refractivity contribution is -0.120. The van der Waals surface area contributed by atoms with E-state index in [1.165, 1.54) is 0 Å². The van der Waals surface area contributed by atoms with Gasteiger partial charge < -0.3 is 20.4 Å². The van der Waals surface area contributed by atoms with Gasteiger partial charge in [0.1, 0.15) is 0 Å². The predicted octanol–water partition coefficient (Wildman–Crippen LogP) is -1.13. The topological polar surface area (TPSA) is 150 Å². The van der Waals surface area contributed by atoms with Gasteiger partial charge in [-0.15, -0.1) is 0 Å². The maximum Gasteiger partial charge on any atom is 0.357 e. The van der Waals surface area contributed by atoms with Crippen molar-refractivity contribution >= 4 is 21.0 Å². The average molecular weight is 244 g/mol. The summed E-state index contributed by atoms with van der Waals surface area (Å²) < 4.78 is 22.3. The Bertz CT molecular complexity index is 363. The first-order valence-corrected chi connectivity index (χ1v) is 6.86. The van der Waals surface area contributed by atoms with Gasteiger partial charge in [0.15, 0.2) is 0 Å². The first kappa shape index (κ1) is 11.8. The molecular formula is C4H10N2O6P2. The Morgan fingerprint density at radius 3 is 2.43 bits per heavy atom. The van der Waals surface area contributed by atoms with E-state index in [1.807, 2.05) is 0 Å². The summed E-state index contributed by atoms with van der Waals surface area (Å²) in [6.07, 6.45) is -0.803. The Labute approximate surface area is 79.2 Å². The highest BCUT2D eigenvalue weighted by Crippen LogP contribution is 2.69. The van der Waals surface area contributed by atoms with E-state index in [0.717, 1.165) is 0 Å². The SMILES string of the molecule is NC1(P(=O)(O)O)CCC(=O)NP1(=O)O. The number of nitrogens with one attached hydrogen (secondary N) is 1. The third kappa shape index (κ3) is 1.65. The Balaban J connectivity index is 3.18. The van der Waals surface area contributed by atoms with Crippen molar-refractivity contribution in [2.75, 3.05) is 0 Å². The maximum atomic E-state index is 11.4. The number of amides is 1. The van der Waals surface area contributed by atoms with Gasteiger partial charge in [-0.2, -0.15) is 0 Å². The van der Waals surface area contributed by atoms with Gasteiger partial charge in [-0.1, -0.05) is 0 Å². The molecule has 1 aliphatic heterocycles. The minimum absolute atomic E-state index is 0.286. The molecule has 14 heavy (non-hydrogen) atoms. The highest BCUT2D eigenvalue weighted by molar-refractivity contribution is 7.74. The first-order chi connectivity index (χ1) is 6.10. The van der Waals surface area contributed by atoms with E-state index in [9.17, 15) is 18.8 Å². The van der Waals surface area contributed by atoms with Crippen molar-refractivity contribution in [3.05, 3.63) is 0 Å². The van der Waals surface area contributed by atoms with E-state index in [2.05, 4.69) is 0 Å². The van der Waals surface area contributed by atoms with E-state index in [-0.39, 0.29) is 6.42 Å². The number of hydrogen-bond donors (Lipinski definition) is 5. The molecule has 82 valence electrons. The standard InChI is InChI=1S/C4H10N2O6P2/c5-4(14(10,11)12)2-1-3(7)6-13(4,8)9/h1-2,5H2,(H2,10,11,12)(H2,6,7,8,9). The van der Waals surface area contributed by atoms with Crippen molar-refractivity contribution in [3.63, 3.8) is 0 Å². The number of hydrogen-bond acceptors (Lipinski definition) is 4. The molecule has 1 rings (SSSR count). The lowest BCUT2D eigenvalue weighted by atomic mass is 10.3. The summed E-state index contributed by atoms with van der Waals surface area (Å²) in [5.74, 6) is -0.745. The smallest absolute Gasteiger partial charge is 0.327 e. The van der Waals surface area contributed by atoms with E-state index in [1.54, 1.807) is 5.09 Å². The van der Waals surface area contributed by atoms with Crippen LogP contribution in [0.1, 0.15) is 12.8 Å². The zero-order chi connectivity index (χ0) is 11.2. The number of rotatable bonds is 1. The van der Waals surface area contributed by atoms with Gasteiger partial charge in [0.2, 0.25) is 10.9 Å². The van der Waals surface area contributed by atoms with Gasteiger partial charge >= 0.3 is 15.1 Å². The second kappa shape index (κ2) is 3.13. The molecule has 1 amide bonds. The fourth-order valence-electron chi connectivity index (χ4n) is 1.09. The molecular weight excluding hydrogens is 234 g/mol. The molecule has 0 radical (unpaired) electrons. The first-order valence-electron chi connectivity index (χ1n) is 3.59. The molecule has 2 atom stereocenters. The molecule has 0 bridgehead atoms. The second-order valence-corrected chi connectivity index (χ2v) is 7.45. The van der Waals surface area contributed by atoms with Crippen LogP contribution in [0.15, 0.2) is 0 Å². The Morgan fingerprint density at radius 1 is 1.57 bits per heavy atom. The van der Waals surface area contributed by atoms with Gasteiger partial charge in [0, 0.05) is 6.42 Å². The van der Waals surface area contributed by atoms with E-state index in [0.29, 0.717) is 0 Å². The summed E-state index contributed by atoms with van der Waals surface area (Å²) in [5.41, 5.74) is 5.19. The van der Waals surface area contributed by atoms with Gasteiger partial charge in [-0.05, 0) is 6.42 Å². The largest absolute Gasteiger partial charge is 0.357 e. The molecule has 6 N–H and O–H groups in total. The molecule has 1 aliphatic rings. The third-order valence-corrected chi connectivity index (χ3v) is 6.68. The summed E-state index contributed by atoms with van der Waals surface area (Å²) in [6.45, 7) is 0. The predicted molar refractivity (Wildman–Crippen MR) is 46.2 cm³/mol. The van der Waals surface area contributed by atoms with Crippen LogP contribution in [-0.2, 0) is 13.9 Å². The molecule has 10 heteroatoms. The fourth-order valence-corrected chi connectivity index (χ4v) is 4.12. The lowest BCUT2D eigenvalue weighted by Crippen LogP contribution is -2.48. The van der Waals surface area contributed by atoms with Crippen molar-refractivity contribution in [1.82, 2.24) is 5.09 Å². The van der Waals surface area contributed by atoms with Crippen molar-refractivity contribution in [2.24, 2.45) is 5.73 Å². The fraction of sp³-hybridized carbons (Fsp3) is 0.750. The third-order valence-electron chi connectivity index (χ3n) is 2.03. The van der Waals surface area contributed by atoms with Crippen LogP contribution in [0, 0.1) is 0 Å². The van der Waals surface area contributed by atoms with Gasteiger partial charge in [0.25, 0.3) is 0 Å². The highest BCUT2D eigenvalue weighted by Gasteiger charge is 2.60. The molecule has 0 aromatic rings. The van der Waals surface area contributed by atoms with E-state index >= 15 is 0 Å². The Morgan fingerprint density at radius 2 is 2.07 bits per heavy atom. The van der Waals surface area contributed by atoms with Crippen molar-refractivity contribution in [3.8, 4) is 0 Å².